The number of nitrogens with one attached hydrogen (secondary N) is 2. The molecule has 0 saturated carbocycles. The van der Waals surface area contributed by atoms with Gasteiger partial charge in [-0.15, -0.1) is 0 Å². The molecule has 2 N–H and O–H groups in total. The Kier molecular flexibility index (Phi) is 4.66. The van der Waals surface area contributed by atoms with Crippen LogP contribution in [0.25, 0.3) is 10.9 Å². The lowest BCUT2D eigenvalue weighted by atomic mass is 10.0. The van der Waals surface area contributed by atoms with E-state index < -0.39 is 17.5 Å². The predicted octanol–water partition coefficient (Wildman–Crippen LogP) is 4.59. The number of rotatable bonds is 3. The zero-order chi connectivity index (χ0) is 16.5. The van der Waals surface area contributed by atoms with Gasteiger partial charge in [0.1, 0.15) is 11.4 Å². The molecule has 0 aliphatic heterocycles. The van der Waals surface area contributed by atoms with Crippen molar-refractivity contribution in [3.05, 3.63) is 34.7 Å². The fourth-order valence-electron chi connectivity index (χ4n) is 2.21. The first-order chi connectivity index (χ1) is 10.2. The molecular formula is C16H20ClFN2O2. The van der Waals surface area contributed by atoms with Crippen molar-refractivity contribution < 1.29 is 13.9 Å². The Hall–Kier alpha value is -1.75. The Morgan fingerprint density at radius 1 is 1.45 bits per heavy atom. The number of halogens is 2. The molecular weight excluding hydrogens is 307 g/mol. The van der Waals surface area contributed by atoms with Gasteiger partial charge in [-0.05, 0) is 38.5 Å². The standard InChI is InChI=1S/C16H20ClFN2O2/c1-9(7-20-15(21)22-16(2,3)4)11-8-19-14-6-12(17)13(18)5-10(11)14/h5-6,8-9,19H,7H2,1-4H3,(H,20,21)/t9-/m1/s1. The van der Waals surface area contributed by atoms with Crippen LogP contribution in [0.5, 0.6) is 0 Å². The average molecular weight is 327 g/mol. The summed E-state index contributed by atoms with van der Waals surface area (Å²) in [5.41, 5.74) is 1.15. The van der Waals surface area contributed by atoms with E-state index in [-0.39, 0.29) is 10.9 Å². The number of hydrogen-bond donors (Lipinski definition) is 2. The van der Waals surface area contributed by atoms with Crippen LogP contribution in [0.3, 0.4) is 0 Å². The van der Waals surface area contributed by atoms with E-state index in [1.807, 2.05) is 33.9 Å². The molecule has 0 fully saturated rings. The normalized spacial score (nSPS) is 13.2. The van der Waals surface area contributed by atoms with E-state index in [4.69, 9.17) is 16.3 Å². The Labute approximate surface area is 134 Å². The van der Waals surface area contributed by atoms with E-state index in [9.17, 15) is 9.18 Å². The maximum atomic E-state index is 13.6. The van der Waals surface area contributed by atoms with Gasteiger partial charge in [-0.25, -0.2) is 9.18 Å². The Balaban J connectivity index is 2.09. The minimum Gasteiger partial charge on any atom is -0.444 e. The van der Waals surface area contributed by atoms with Gasteiger partial charge in [0, 0.05) is 29.6 Å². The van der Waals surface area contributed by atoms with Crippen LogP contribution in [-0.2, 0) is 4.74 Å². The van der Waals surface area contributed by atoms with Gasteiger partial charge < -0.3 is 15.0 Å². The number of amides is 1. The highest BCUT2D eigenvalue weighted by Gasteiger charge is 2.18. The zero-order valence-corrected chi connectivity index (χ0v) is 13.8. The van der Waals surface area contributed by atoms with Crippen LogP contribution in [0.2, 0.25) is 5.02 Å². The van der Waals surface area contributed by atoms with Crippen molar-refractivity contribution in [3.8, 4) is 0 Å². The summed E-state index contributed by atoms with van der Waals surface area (Å²) in [6.45, 7) is 7.77. The van der Waals surface area contributed by atoms with E-state index >= 15 is 0 Å². The predicted molar refractivity (Wildman–Crippen MR) is 85.9 cm³/mol. The summed E-state index contributed by atoms with van der Waals surface area (Å²) in [6, 6.07) is 2.97. The molecule has 1 aromatic heterocycles. The maximum Gasteiger partial charge on any atom is 0.407 e. The van der Waals surface area contributed by atoms with Gasteiger partial charge in [0.2, 0.25) is 0 Å². The third-order valence-corrected chi connectivity index (χ3v) is 3.53. The molecule has 0 bridgehead atoms. The summed E-state index contributed by atoms with van der Waals surface area (Å²) in [4.78, 5) is 14.7. The number of benzene rings is 1. The largest absolute Gasteiger partial charge is 0.444 e. The van der Waals surface area contributed by atoms with Crippen LogP contribution >= 0.6 is 11.6 Å². The molecule has 0 unspecified atom stereocenters. The molecule has 2 rings (SSSR count). The minimum atomic E-state index is -0.534. The fraction of sp³-hybridized carbons (Fsp3) is 0.438. The smallest absolute Gasteiger partial charge is 0.407 e. The van der Waals surface area contributed by atoms with Gasteiger partial charge in [0.05, 0.1) is 5.02 Å². The van der Waals surface area contributed by atoms with E-state index in [0.717, 1.165) is 16.5 Å². The van der Waals surface area contributed by atoms with Crippen molar-refractivity contribution >= 4 is 28.6 Å². The SMILES string of the molecule is C[C@H](CNC(=O)OC(C)(C)C)c1c[nH]c2cc(Cl)c(F)cc12. The number of hydrogen-bond acceptors (Lipinski definition) is 2. The second-order valence-electron chi connectivity index (χ2n) is 6.34. The Morgan fingerprint density at radius 3 is 2.77 bits per heavy atom. The van der Waals surface area contributed by atoms with Gasteiger partial charge in [0.25, 0.3) is 0 Å². The number of ether oxygens (including phenoxy) is 1. The minimum absolute atomic E-state index is 0.00171. The summed E-state index contributed by atoms with van der Waals surface area (Å²) in [5.74, 6) is -0.454. The number of fused-ring (bicyclic) bond motifs is 1. The lowest BCUT2D eigenvalue weighted by molar-refractivity contribution is 0.0525. The summed E-state index contributed by atoms with van der Waals surface area (Å²) in [5, 5.41) is 3.57. The first-order valence-electron chi connectivity index (χ1n) is 7.10. The molecule has 1 amide bonds. The molecule has 22 heavy (non-hydrogen) atoms. The van der Waals surface area contributed by atoms with Crippen molar-refractivity contribution in [2.45, 2.75) is 39.2 Å². The summed E-state index contributed by atoms with van der Waals surface area (Å²) in [7, 11) is 0. The van der Waals surface area contributed by atoms with Gasteiger partial charge in [-0.2, -0.15) is 0 Å². The van der Waals surface area contributed by atoms with Crippen molar-refractivity contribution in [2.75, 3.05) is 6.54 Å². The van der Waals surface area contributed by atoms with Gasteiger partial charge >= 0.3 is 6.09 Å². The molecule has 6 heteroatoms. The van der Waals surface area contributed by atoms with Gasteiger partial charge in [-0.3, -0.25) is 0 Å². The molecule has 2 aromatic rings. The molecule has 0 saturated heterocycles. The highest BCUT2D eigenvalue weighted by atomic mass is 35.5. The van der Waals surface area contributed by atoms with E-state index in [2.05, 4.69) is 10.3 Å². The lowest BCUT2D eigenvalue weighted by Gasteiger charge is -2.20. The van der Waals surface area contributed by atoms with Crippen LogP contribution in [0.15, 0.2) is 18.3 Å². The van der Waals surface area contributed by atoms with E-state index in [1.54, 1.807) is 6.07 Å². The summed E-state index contributed by atoms with van der Waals surface area (Å²) >= 11 is 5.77. The van der Waals surface area contributed by atoms with Crippen molar-refractivity contribution in [1.29, 1.82) is 0 Å². The van der Waals surface area contributed by atoms with Gasteiger partial charge in [-0.1, -0.05) is 18.5 Å². The molecule has 0 aliphatic carbocycles. The molecule has 1 atom stereocenters. The summed E-state index contributed by atoms with van der Waals surface area (Å²) in [6.07, 6.45) is 1.34. The lowest BCUT2D eigenvalue weighted by Crippen LogP contribution is -2.34. The Bertz CT molecular complexity index is 691. The third-order valence-electron chi connectivity index (χ3n) is 3.24. The molecule has 120 valence electrons. The van der Waals surface area contributed by atoms with Crippen LogP contribution < -0.4 is 5.32 Å². The first kappa shape index (κ1) is 16.6. The molecule has 1 aromatic carbocycles. The number of alkyl carbamates (subject to hydrolysis) is 1. The Morgan fingerprint density at radius 2 is 2.14 bits per heavy atom. The summed E-state index contributed by atoms with van der Waals surface area (Å²) < 4.78 is 18.8. The third kappa shape index (κ3) is 3.91. The second-order valence-corrected chi connectivity index (χ2v) is 6.75. The molecule has 0 aliphatic rings. The number of H-pyrrole nitrogens is 1. The number of aromatic amines is 1. The van der Waals surface area contributed by atoms with E-state index in [1.165, 1.54) is 6.07 Å². The van der Waals surface area contributed by atoms with Crippen molar-refractivity contribution in [3.63, 3.8) is 0 Å². The molecule has 0 radical (unpaired) electrons. The molecule has 4 nitrogen and oxygen atoms in total. The highest BCUT2D eigenvalue weighted by Crippen LogP contribution is 2.29. The van der Waals surface area contributed by atoms with Crippen molar-refractivity contribution in [1.82, 2.24) is 10.3 Å². The fourth-order valence-corrected chi connectivity index (χ4v) is 2.37. The molecule has 0 spiro atoms. The van der Waals surface area contributed by atoms with Crippen LogP contribution in [0.1, 0.15) is 39.2 Å². The monoisotopic (exact) mass is 326 g/mol. The van der Waals surface area contributed by atoms with Crippen LogP contribution in [-0.4, -0.2) is 23.2 Å². The van der Waals surface area contributed by atoms with Crippen LogP contribution in [0.4, 0.5) is 9.18 Å². The molecule has 1 heterocycles. The second kappa shape index (κ2) is 6.16. The van der Waals surface area contributed by atoms with Gasteiger partial charge in [0.15, 0.2) is 0 Å². The van der Waals surface area contributed by atoms with E-state index in [0.29, 0.717) is 6.54 Å². The highest BCUT2D eigenvalue weighted by molar-refractivity contribution is 6.31. The average Bonchev–Trinajstić information content (AvgIpc) is 2.77. The zero-order valence-electron chi connectivity index (χ0n) is 13.1. The number of carbonyl (C=O) groups excluding carboxylic acids is 1. The maximum absolute atomic E-state index is 13.6. The number of carbonyl (C=O) groups is 1. The first-order valence-corrected chi connectivity index (χ1v) is 7.48. The number of aromatic nitrogens is 1. The van der Waals surface area contributed by atoms with Crippen molar-refractivity contribution in [2.24, 2.45) is 0 Å². The van der Waals surface area contributed by atoms with Crippen LogP contribution in [0, 0.1) is 5.82 Å². The topological polar surface area (TPSA) is 54.1 Å². The quantitative estimate of drug-likeness (QED) is 0.866.